The zero-order valence-corrected chi connectivity index (χ0v) is 12.8. The van der Waals surface area contributed by atoms with E-state index >= 15 is 0 Å². The predicted octanol–water partition coefficient (Wildman–Crippen LogP) is 1.13. The molecule has 1 saturated heterocycles. The number of amides is 2. The average molecular weight is 324 g/mol. The Kier molecular flexibility index (Phi) is 4.39. The molecule has 1 aliphatic heterocycles. The van der Waals surface area contributed by atoms with Crippen molar-refractivity contribution < 1.29 is 19.5 Å². The number of Topliss-reactive ketones (excluding diaryl/α,β-unsaturated/α-hetero) is 1. The van der Waals surface area contributed by atoms with Gasteiger partial charge in [0.05, 0.1) is 6.61 Å². The molecule has 0 spiro atoms. The van der Waals surface area contributed by atoms with E-state index in [1.165, 1.54) is 0 Å². The van der Waals surface area contributed by atoms with Crippen LogP contribution in [0, 0.1) is 0 Å². The van der Waals surface area contributed by atoms with E-state index in [1.807, 2.05) is 0 Å². The topological polar surface area (TPSA) is 77.9 Å². The zero-order chi connectivity index (χ0) is 17.1. The van der Waals surface area contributed by atoms with Crippen LogP contribution in [0.3, 0.4) is 0 Å². The fourth-order valence-electron chi connectivity index (χ4n) is 2.68. The van der Waals surface area contributed by atoms with Crippen LogP contribution in [0.1, 0.15) is 20.7 Å². The van der Waals surface area contributed by atoms with Crippen molar-refractivity contribution >= 4 is 17.6 Å². The Balaban J connectivity index is 1.97. The fraction of sp³-hybridized carbons (Fsp3) is 0.167. The number of aliphatic hydroxyl groups excluding tert-OH is 1. The highest BCUT2D eigenvalue weighted by molar-refractivity contribution is 6.05. The van der Waals surface area contributed by atoms with Gasteiger partial charge in [-0.25, -0.2) is 10.0 Å². The predicted molar refractivity (Wildman–Crippen MR) is 86.0 cm³/mol. The highest BCUT2D eigenvalue weighted by Gasteiger charge is 2.44. The lowest BCUT2D eigenvalue weighted by Crippen LogP contribution is -2.49. The van der Waals surface area contributed by atoms with Gasteiger partial charge in [-0.05, 0) is 24.3 Å². The molecule has 0 radical (unpaired) electrons. The number of ketones is 1. The minimum absolute atomic E-state index is 0.239. The number of rotatable bonds is 3. The van der Waals surface area contributed by atoms with Crippen molar-refractivity contribution in [1.82, 2.24) is 10.0 Å². The Morgan fingerprint density at radius 3 is 1.92 bits per heavy atom. The van der Waals surface area contributed by atoms with E-state index in [0.29, 0.717) is 11.1 Å². The molecule has 1 atom stereocenters. The van der Waals surface area contributed by atoms with E-state index in [2.05, 4.69) is 0 Å². The summed E-state index contributed by atoms with van der Waals surface area (Å²) in [5.41, 5.74) is 0.714. The summed E-state index contributed by atoms with van der Waals surface area (Å²) >= 11 is 0. The summed E-state index contributed by atoms with van der Waals surface area (Å²) in [6.07, 6.45) is 0. The molecule has 6 nitrogen and oxygen atoms in total. The van der Waals surface area contributed by atoms with Gasteiger partial charge in [0, 0.05) is 11.1 Å². The van der Waals surface area contributed by atoms with Crippen molar-refractivity contribution in [3.8, 4) is 0 Å². The maximum absolute atomic E-state index is 12.8. The van der Waals surface area contributed by atoms with Crippen molar-refractivity contribution in [2.24, 2.45) is 0 Å². The second-order valence-electron chi connectivity index (χ2n) is 5.41. The summed E-state index contributed by atoms with van der Waals surface area (Å²) in [5.74, 6) is -1.32. The summed E-state index contributed by atoms with van der Waals surface area (Å²) in [6, 6.07) is 15.7. The molecule has 2 aromatic carbocycles. The molecule has 1 aliphatic rings. The van der Waals surface area contributed by atoms with Crippen LogP contribution in [-0.4, -0.2) is 51.9 Å². The van der Waals surface area contributed by atoms with Crippen LogP contribution in [0.5, 0.6) is 0 Å². The fourth-order valence-corrected chi connectivity index (χ4v) is 2.68. The van der Waals surface area contributed by atoms with Crippen molar-refractivity contribution in [2.75, 3.05) is 13.2 Å². The summed E-state index contributed by atoms with van der Waals surface area (Å²) in [7, 11) is 0. The summed E-state index contributed by atoms with van der Waals surface area (Å²) in [6.45, 7) is -0.770. The van der Waals surface area contributed by atoms with Gasteiger partial charge in [-0.1, -0.05) is 36.4 Å². The molecular formula is C18H16N2O4. The van der Waals surface area contributed by atoms with Gasteiger partial charge in [-0.2, -0.15) is 0 Å². The maximum Gasteiger partial charge on any atom is 0.273 e. The van der Waals surface area contributed by atoms with E-state index in [4.69, 9.17) is 0 Å². The molecular weight excluding hydrogens is 308 g/mol. The highest BCUT2D eigenvalue weighted by Crippen LogP contribution is 2.21. The Labute approximate surface area is 138 Å². The van der Waals surface area contributed by atoms with Gasteiger partial charge in [0.1, 0.15) is 12.6 Å². The van der Waals surface area contributed by atoms with Crippen molar-refractivity contribution in [3.05, 3.63) is 71.8 Å². The first-order valence-corrected chi connectivity index (χ1v) is 7.52. The van der Waals surface area contributed by atoms with Gasteiger partial charge in [0.2, 0.25) is 0 Å². The van der Waals surface area contributed by atoms with Crippen LogP contribution in [0.4, 0.5) is 0 Å². The minimum Gasteiger partial charge on any atom is -0.394 e. The number of carbonyl (C=O) groups is 3. The smallest absolute Gasteiger partial charge is 0.273 e. The number of benzene rings is 2. The molecule has 1 heterocycles. The molecule has 0 saturated carbocycles. The lowest BCUT2D eigenvalue weighted by molar-refractivity contribution is -0.119. The molecule has 2 aromatic rings. The van der Waals surface area contributed by atoms with E-state index in [0.717, 1.165) is 10.0 Å². The lowest BCUT2D eigenvalue weighted by atomic mass is 10.1. The Bertz CT molecular complexity index is 761. The van der Waals surface area contributed by atoms with Gasteiger partial charge in [0.25, 0.3) is 11.8 Å². The van der Waals surface area contributed by atoms with Gasteiger partial charge in [0.15, 0.2) is 5.78 Å². The number of aliphatic hydroxyl groups is 1. The second-order valence-corrected chi connectivity index (χ2v) is 5.41. The Morgan fingerprint density at radius 1 is 0.917 bits per heavy atom. The monoisotopic (exact) mass is 324 g/mol. The van der Waals surface area contributed by atoms with Crippen molar-refractivity contribution in [3.63, 3.8) is 0 Å². The van der Waals surface area contributed by atoms with Gasteiger partial charge < -0.3 is 5.11 Å². The molecule has 24 heavy (non-hydrogen) atoms. The molecule has 122 valence electrons. The van der Waals surface area contributed by atoms with Crippen LogP contribution in [0.2, 0.25) is 0 Å². The number of hydrazine groups is 1. The van der Waals surface area contributed by atoms with Crippen molar-refractivity contribution in [2.45, 2.75) is 6.04 Å². The van der Waals surface area contributed by atoms with Crippen LogP contribution < -0.4 is 0 Å². The Hall–Kier alpha value is -2.99. The van der Waals surface area contributed by atoms with Gasteiger partial charge in [-0.15, -0.1) is 0 Å². The van der Waals surface area contributed by atoms with E-state index in [9.17, 15) is 19.5 Å². The van der Waals surface area contributed by atoms with Crippen LogP contribution in [0.25, 0.3) is 0 Å². The SMILES string of the molecule is O=C1CN(C(=O)c2ccccc2)N(C(=O)c2ccccc2)C1CO. The third-order valence-electron chi connectivity index (χ3n) is 3.89. The van der Waals surface area contributed by atoms with Crippen molar-refractivity contribution in [1.29, 1.82) is 0 Å². The third-order valence-corrected chi connectivity index (χ3v) is 3.89. The summed E-state index contributed by atoms with van der Waals surface area (Å²) in [5, 5.41) is 11.7. The molecule has 2 amide bonds. The lowest BCUT2D eigenvalue weighted by Gasteiger charge is -2.30. The number of nitrogens with zero attached hydrogens (tertiary/aromatic N) is 2. The van der Waals surface area contributed by atoms with Crippen LogP contribution >= 0.6 is 0 Å². The Morgan fingerprint density at radius 2 is 1.42 bits per heavy atom. The molecule has 1 N–H and O–H groups in total. The maximum atomic E-state index is 12.8. The first-order valence-electron chi connectivity index (χ1n) is 7.52. The summed E-state index contributed by atoms with van der Waals surface area (Å²) < 4.78 is 0. The van der Waals surface area contributed by atoms with Crippen LogP contribution in [0.15, 0.2) is 60.7 Å². The molecule has 0 aromatic heterocycles. The molecule has 3 rings (SSSR count). The first-order chi connectivity index (χ1) is 11.6. The molecule has 0 aliphatic carbocycles. The van der Waals surface area contributed by atoms with E-state index in [-0.39, 0.29) is 12.3 Å². The number of hydrogen-bond donors (Lipinski definition) is 1. The normalized spacial score (nSPS) is 17.2. The number of carbonyl (C=O) groups excluding carboxylic acids is 3. The molecule has 0 bridgehead atoms. The zero-order valence-electron chi connectivity index (χ0n) is 12.8. The van der Waals surface area contributed by atoms with Crippen LogP contribution in [-0.2, 0) is 4.79 Å². The second kappa shape index (κ2) is 6.64. The average Bonchev–Trinajstić information content (AvgIpc) is 2.98. The quantitative estimate of drug-likeness (QED) is 0.918. The first kappa shape index (κ1) is 15.9. The van der Waals surface area contributed by atoms with Gasteiger partial charge in [-0.3, -0.25) is 14.4 Å². The molecule has 1 unspecified atom stereocenters. The van der Waals surface area contributed by atoms with Gasteiger partial charge >= 0.3 is 0 Å². The standard InChI is InChI=1S/C18H16N2O4/c21-12-15-16(22)11-19(17(23)13-7-3-1-4-8-13)20(15)18(24)14-9-5-2-6-10-14/h1-10,15,21H,11-12H2. The molecule has 6 heteroatoms. The largest absolute Gasteiger partial charge is 0.394 e. The highest BCUT2D eigenvalue weighted by atomic mass is 16.3. The van der Waals surface area contributed by atoms with E-state index < -0.39 is 24.5 Å². The summed E-state index contributed by atoms with van der Waals surface area (Å²) in [4.78, 5) is 37.6. The van der Waals surface area contributed by atoms with E-state index in [1.54, 1.807) is 60.7 Å². The minimum atomic E-state index is -1.05. The third kappa shape index (κ3) is 2.79. The molecule has 1 fully saturated rings. The number of hydrogen-bond acceptors (Lipinski definition) is 4.